The molecular weight excluding hydrogens is 348 g/mol. The summed E-state index contributed by atoms with van der Waals surface area (Å²) >= 11 is 0. The molecule has 10 nitrogen and oxygen atoms in total. The van der Waals surface area contributed by atoms with Gasteiger partial charge in [-0.25, -0.2) is 14.2 Å². The van der Waals surface area contributed by atoms with E-state index in [-0.39, 0.29) is 11.6 Å². The van der Waals surface area contributed by atoms with Gasteiger partial charge in [-0.15, -0.1) is 5.10 Å². The summed E-state index contributed by atoms with van der Waals surface area (Å²) in [6, 6.07) is 9.78. The number of nitrogens with zero attached hydrogens (tertiary/aromatic N) is 8. The van der Waals surface area contributed by atoms with Crippen LogP contribution in [0.3, 0.4) is 0 Å². The number of hydrogen-bond donors (Lipinski definition) is 0. The van der Waals surface area contributed by atoms with Crippen molar-refractivity contribution in [2.24, 2.45) is 0 Å². The molecule has 1 aliphatic heterocycles. The van der Waals surface area contributed by atoms with Crippen LogP contribution in [0.4, 0.5) is 0 Å². The number of fused-ring (bicyclic) bond motifs is 1. The smallest absolute Gasteiger partial charge is 0.340 e. The first-order valence-corrected chi connectivity index (χ1v) is 8.90. The minimum Gasteiger partial charge on any atom is -0.340 e. The van der Waals surface area contributed by atoms with Crippen LogP contribution in [0.5, 0.6) is 0 Å². The van der Waals surface area contributed by atoms with E-state index in [0.717, 1.165) is 11.4 Å². The molecule has 140 valence electrons. The third-order valence-electron chi connectivity index (χ3n) is 4.67. The normalized spacial score (nSPS) is 14.0. The zero-order valence-electron chi connectivity index (χ0n) is 14.8. The molecule has 0 fully saturated rings. The fraction of sp³-hybridized carbons (Fsp3) is 0.412. The summed E-state index contributed by atoms with van der Waals surface area (Å²) < 4.78 is 4.71. The first kappa shape index (κ1) is 17.1. The number of hydrogen-bond acceptors (Lipinski definition) is 6. The van der Waals surface area contributed by atoms with Crippen LogP contribution in [-0.4, -0.2) is 58.5 Å². The number of aryl methyl sites for hydroxylation is 1. The number of amides is 1. The van der Waals surface area contributed by atoms with E-state index in [1.54, 1.807) is 9.47 Å². The summed E-state index contributed by atoms with van der Waals surface area (Å²) in [5, 5.41) is 15.4. The molecule has 4 rings (SSSR count). The maximum Gasteiger partial charge on any atom is 0.346 e. The Kier molecular flexibility index (Phi) is 4.77. The van der Waals surface area contributed by atoms with Gasteiger partial charge >= 0.3 is 5.69 Å². The molecule has 3 heterocycles. The molecule has 27 heavy (non-hydrogen) atoms. The zero-order chi connectivity index (χ0) is 18.6. The van der Waals surface area contributed by atoms with Crippen molar-refractivity contribution in [3.8, 4) is 0 Å². The molecule has 0 saturated heterocycles. The van der Waals surface area contributed by atoms with Crippen molar-refractivity contribution in [1.29, 1.82) is 0 Å². The van der Waals surface area contributed by atoms with Gasteiger partial charge in [0.2, 0.25) is 5.91 Å². The molecule has 0 atom stereocenters. The number of carbonyl (C=O) groups is 1. The molecule has 1 aliphatic rings. The van der Waals surface area contributed by atoms with Crippen LogP contribution in [0.15, 0.2) is 41.5 Å². The quantitative estimate of drug-likeness (QED) is 0.604. The van der Waals surface area contributed by atoms with E-state index in [9.17, 15) is 9.59 Å². The maximum atomic E-state index is 12.7. The van der Waals surface area contributed by atoms with E-state index < -0.39 is 0 Å². The van der Waals surface area contributed by atoms with Crippen molar-refractivity contribution >= 4 is 5.91 Å². The monoisotopic (exact) mass is 368 g/mol. The Bertz CT molecular complexity index is 961. The summed E-state index contributed by atoms with van der Waals surface area (Å²) in [5.41, 5.74) is 0.907. The van der Waals surface area contributed by atoms with E-state index in [0.29, 0.717) is 45.6 Å². The Morgan fingerprint density at radius 1 is 1.11 bits per heavy atom. The summed E-state index contributed by atoms with van der Waals surface area (Å²) in [6.07, 6.45) is 2.37. The summed E-state index contributed by atoms with van der Waals surface area (Å²) in [4.78, 5) is 26.9. The highest BCUT2D eigenvalue weighted by Gasteiger charge is 2.22. The minimum absolute atomic E-state index is 0.0286. The maximum absolute atomic E-state index is 12.7. The molecule has 1 amide bonds. The minimum atomic E-state index is -0.128. The third-order valence-corrected chi connectivity index (χ3v) is 4.67. The molecule has 0 unspecified atom stereocenters. The lowest BCUT2D eigenvalue weighted by atomic mass is 10.2. The van der Waals surface area contributed by atoms with E-state index in [2.05, 4.69) is 20.6 Å². The van der Waals surface area contributed by atoms with Crippen LogP contribution < -0.4 is 5.69 Å². The second-order valence-electron chi connectivity index (χ2n) is 6.45. The largest absolute Gasteiger partial charge is 0.346 e. The molecule has 0 spiro atoms. The van der Waals surface area contributed by atoms with Gasteiger partial charge in [-0.2, -0.15) is 5.10 Å². The highest BCUT2D eigenvalue weighted by molar-refractivity contribution is 5.76. The lowest BCUT2D eigenvalue weighted by Crippen LogP contribution is -2.35. The molecule has 1 aromatic carbocycles. The molecule has 0 bridgehead atoms. The average Bonchev–Trinajstić information content (AvgIpc) is 3.24. The van der Waals surface area contributed by atoms with Crippen molar-refractivity contribution in [1.82, 2.24) is 39.5 Å². The first-order valence-electron chi connectivity index (χ1n) is 8.90. The second-order valence-corrected chi connectivity index (χ2v) is 6.45. The fourth-order valence-corrected chi connectivity index (χ4v) is 3.22. The summed E-state index contributed by atoms with van der Waals surface area (Å²) in [5.74, 6) is 0.757. The number of tetrazole rings is 1. The van der Waals surface area contributed by atoms with Gasteiger partial charge < -0.3 is 4.90 Å². The predicted octanol–water partition coefficient (Wildman–Crippen LogP) is -0.445. The molecule has 0 aliphatic carbocycles. The third kappa shape index (κ3) is 3.78. The van der Waals surface area contributed by atoms with Crippen molar-refractivity contribution in [3.05, 3.63) is 58.5 Å². The summed E-state index contributed by atoms with van der Waals surface area (Å²) in [7, 11) is 0. The van der Waals surface area contributed by atoms with E-state index in [1.165, 1.54) is 15.7 Å². The van der Waals surface area contributed by atoms with Crippen molar-refractivity contribution in [3.63, 3.8) is 0 Å². The topological polar surface area (TPSA) is 104 Å². The summed E-state index contributed by atoms with van der Waals surface area (Å²) in [6.45, 7) is 2.40. The van der Waals surface area contributed by atoms with Gasteiger partial charge in [0, 0.05) is 32.5 Å². The Labute approximate surface area is 155 Å². The lowest BCUT2D eigenvalue weighted by molar-refractivity contribution is -0.131. The highest BCUT2D eigenvalue weighted by Crippen LogP contribution is 2.08. The predicted molar refractivity (Wildman–Crippen MR) is 94.7 cm³/mol. The van der Waals surface area contributed by atoms with E-state index in [1.807, 2.05) is 30.3 Å². The van der Waals surface area contributed by atoms with Crippen molar-refractivity contribution in [2.75, 3.05) is 13.1 Å². The van der Waals surface area contributed by atoms with Crippen LogP contribution in [-0.2, 0) is 30.8 Å². The SMILES string of the molecule is O=C(CCn1cnnn1)N1CCc2nn(Cc3ccccc3)c(=O)n2CC1. The number of benzene rings is 1. The van der Waals surface area contributed by atoms with Crippen molar-refractivity contribution < 1.29 is 4.79 Å². The van der Waals surface area contributed by atoms with Gasteiger partial charge in [0.1, 0.15) is 12.2 Å². The average molecular weight is 368 g/mol. The number of carbonyl (C=O) groups excluding carboxylic acids is 1. The van der Waals surface area contributed by atoms with Gasteiger partial charge in [0.25, 0.3) is 0 Å². The Morgan fingerprint density at radius 3 is 2.74 bits per heavy atom. The van der Waals surface area contributed by atoms with Crippen LogP contribution in [0.1, 0.15) is 17.8 Å². The van der Waals surface area contributed by atoms with Crippen LogP contribution in [0, 0.1) is 0 Å². The second kappa shape index (κ2) is 7.52. The fourth-order valence-electron chi connectivity index (χ4n) is 3.22. The first-order chi connectivity index (χ1) is 13.2. The Hall–Kier alpha value is -3.30. The molecular formula is C17H20N8O2. The van der Waals surface area contributed by atoms with E-state index >= 15 is 0 Å². The lowest BCUT2D eigenvalue weighted by Gasteiger charge is -2.19. The highest BCUT2D eigenvalue weighted by atomic mass is 16.2. The van der Waals surface area contributed by atoms with Gasteiger partial charge in [-0.05, 0) is 16.0 Å². The van der Waals surface area contributed by atoms with Gasteiger partial charge in [0.05, 0.1) is 13.1 Å². The van der Waals surface area contributed by atoms with Crippen LogP contribution >= 0.6 is 0 Å². The molecule has 0 saturated carbocycles. The zero-order valence-corrected chi connectivity index (χ0v) is 14.8. The Balaban J connectivity index is 1.40. The Morgan fingerprint density at radius 2 is 1.96 bits per heavy atom. The number of aromatic nitrogens is 7. The molecule has 10 heteroatoms. The molecule has 0 radical (unpaired) electrons. The number of rotatable bonds is 5. The van der Waals surface area contributed by atoms with Gasteiger partial charge in [-0.1, -0.05) is 30.3 Å². The molecule has 0 N–H and O–H groups in total. The molecule has 3 aromatic rings. The molecule has 2 aromatic heterocycles. The standard InChI is InChI=1S/C17H20N8O2/c26-16(7-9-23-13-18-20-21-23)22-8-6-15-19-25(17(27)24(15)11-10-22)12-14-4-2-1-3-5-14/h1-5,13H,6-12H2. The van der Waals surface area contributed by atoms with Gasteiger partial charge in [0.15, 0.2) is 0 Å². The van der Waals surface area contributed by atoms with Crippen molar-refractivity contribution in [2.45, 2.75) is 32.5 Å². The van der Waals surface area contributed by atoms with E-state index in [4.69, 9.17) is 0 Å². The van der Waals surface area contributed by atoms with Crippen LogP contribution in [0.25, 0.3) is 0 Å². The van der Waals surface area contributed by atoms with Crippen LogP contribution in [0.2, 0.25) is 0 Å². The van der Waals surface area contributed by atoms with Gasteiger partial charge in [-0.3, -0.25) is 9.36 Å².